The minimum absolute atomic E-state index is 0.0875. The molecule has 0 aliphatic heterocycles. The first kappa shape index (κ1) is 12.5. The van der Waals surface area contributed by atoms with Gasteiger partial charge in [-0.15, -0.1) is 0 Å². The van der Waals surface area contributed by atoms with Crippen molar-refractivity contribution < 1.29 is 4.79 Å². The topological polar surface area (TPSA) is 47.8 Å². The van der Waals surface area contributed by atoms with Gasteiger partial charge in [-0.2, -0.15) is 0 Å². The molecule has 2 aromatic heterocycles. The van der Waals surface area contributed by atoms with Gasteiger partial charge in [0, 0.05) is 35.9 Å². The van der Waals surface area contributed by atoms with Gasteiger partial charge in [0.15, 0.2) is 5.78 Å². The maximum atomic E-state index is 12.2. The molecule has 2 heterocycles. The maximum Gasteiger partial charge on any atom is 0.170 e. The first-order valence-corrected chi connectivity index (χ1v) is 6.08. The molecule has 0 radical (unpaired) electrons. The van der Waals surface area contributed by atoms with Gasteiger partial charge in [-0.25, -0.2) is 4.98 Å². The molecule has 0 saturated carbocycles. The Morgan fingerprint density at radius 1 is 1.28 bits per heavy atom. The van der Waals surface area contributed by atoms with Crippen molar-refractivity contribution in [3.8, 4) is 0 Å². The number of ketones is 1. The van der Waals surface area contributed by atoms with Crippen LogP contribution in [0.15, 0.2) is 24.5 Å². The molecular formula is C14H17N3O. The van der Waals surface area contributed by atoms with E-state index in [9.17, 15) is 4.79 Å². The van der Waals surface area contributed by atoms with E-state index >= 15 is 0 Å². The van der Waals surface area contributed by atoms with Crippen LogP contribution in [0.2, 0.25) is 0 Å². The quantitative estimate of drug-likeness (QED) is 0.774. The molecule has 0 amide bonds. The van der Waals surface area contributed by atoms with Crippen LogP contribution in [0, 0.1) is 13.8 Å². The van der Waals surface area contributed by atoms with Gasteiger partial charge < -0.3 is 4.57 Å². The number of carbonyl (C=O) groups is 1. The maximum absolute atomic E-state index is 12.2. The molecule has 0 aromatic carbocycles. The van der Waals surface area contributed by atoms with E-state index in [-0.39, 0.29) is 5.78 Å². The summed E-state index contributed by atoms with van der Waals surface area (Å²) in [5, 5.41) is 0. The molecular weight excluding hydrogens is 226 g/mol. The number of Topliss-reactive ketones (excluding diaryl/α,β-unsaturated/α-hetero) is 1. The van der Waals surface area contributed by atoms with E-state index in [4.69, 9.17) is 0 Å². The largest absolute Gasteiger partial charge is 0.335 e. The van der Waals surface area contributed by atoms with E-state index in [1.54, 1.807) is 6.20 Å². The molecule has 18 heavy (non-hydrogen) atoms. The number of carbonyl (C=O) groups excluding carboxylic acids is 1. The zero-order valence-electron chi connectivity index (χ0n) is 11.0. The van der Waals surface area contributed by atoms with Crippen LogP contribution in [0.4, 0.5) is 0 Å². The van der Waals surface area contributed by atoms with Crippen LogP contribution in [0.3, 0.4) is 0 Å². The highest BCUT2D eigenvalue weighted by Gasteiger charge is 2.11. The molecule has 0 unspecified atom stereocenters. The summed E-state index contributed by atoms with van der Waals surface area (Å²) in [5.74, 6) is 0.902. The lowest BCUT2D eigenvalue weighted by molar-refractivity contribution is 0.0989. The molecule has 4 nitrogen and oxygen atoms in total. The first-order chi connectivity index (χ1) is 8.60. The highest BCUT2D eigenvalue weighted by Crippen LogP contribution is 2.09. The van der Waals surface area contributed by atoms with Crippen LogP contribution >= 0.6 is 0 Å². The zero-order valence-corrected chi connectivity index (χ0v) is 11.0. The van der Waals surface area contributed by atoms with Gasteiger partial charge in [-0.3, -0.25) is 9.78 Å². The van der Waals surface area contributed by atoms with Crippen molar-refractivity contribution in [2.24, 2.45) is 0 Å². The SMILES string of the molecule is CCn1ccnc1CC(=O)c1cc(C)nc(C)c1. The van der Waals surface area contributed by atoms with Crippen molar-refractivity contribution in [1.29, 1.82) is 0 Å². The van der Waals surface area contributed by atoms with Crippen molar-refractivity contribution in [3.05, 3.63) is 47.3 Å². The van der Waals surface area contributed by atoms with E-state index in [1.165, 1.54) is 0 Å². The Kier molecular flexibility index (Phi) is 3.55. The molecule has 0 bridgehead atoms. The third-order valence-corrected chi connectivity index (χ3v) is 2.86. The second-order valence-electron chi connectivity index (χ2n) is 4.37. The summed E-state index contributed by atoms with van der Waals surface area (Å²) in [6.45, 7) is 6.67. The van der Waals surface area contributed by atoms with E-state index in [1.807, 2.05) is 43.7 Å². The number of rotatable bonds is 4. The fraction of sp³-hybridized carbons (Fsp3) is 0.357. The lowest BCUT2D eigenvalue weighted by Gasteiger charge is -2.05. The van der Waals surface area contributed by atoms with Crippen LogP contribution in [0.5, 0.6) is 0 Å². The van der Waals surface area contributed by atoms with Crippen molar-refractivity contribution in [3.63, 3.8) is 0 Å². The van der Waals surface area contributed by atoms with E-state index in [2.05, 4.69) is 9.97 Å². The van der Waals surface area contributed by atoms with E-state index in [0.29, 0.717) is 12.0 Å². The summed E-state index contributed by atoms with van der Waals surface area (Å²) in [6, 6.07) is 3.66. The predicted molar refractivity (Wildman–Crippen MR) is 69.6 cm³/mol. The second-order valence-corrected chi connectivity index (χ2v) is 4.37. The van der Waals surface area contributed by atoms with Gasteiger partial charge in [-0.05, 0) is 32.9 Å². The third kappa shape index (κ3) is 2.64. The fourth-order valence-corrected chi connectivity index (χ4v) is 2.04. The minimum Gasteiger partial charge on any atom is -0.335 e. The lowest BCUT2D eigenvalue weighted by Crippen LogP contribution is -2.10. The Labute approximate surface area is 107 Å². The Morgan fingerprint density at radius 2 is 1.94 bits per heavy atom. The smallest absolute Gasteiger partial charge is 0.170 e. The standard InChI is InChI=1S/C14H17N3O/c1-4-17-6-5-15-14(17)9-13(18)12-7-10(2)16-11(3)8-12/h5-8H,4,9H2,1-3H3. The highest BCUT2D eigenvalue weighted by atomic mass is 16.1. The lowest BCUT2D eigenvalue weighted by atomic mass is 10.1. The fourth-order valence-electron chi connectivity index (χ4n) is 2.04. The van der Waals surface area contributed by atoms with Crippen LogP contribution in [-0.2, 0) is 13.0 Å². The number of nitrogens with zero attached hydrogens (tertiary/aromatic N) is 3. The van der Waals surface area contributed by atoms with Gasteiger partial charge in [0.25, 0.3) is 0 Å². The van der Waals surface area contributed by atoms with Gasteiger partial charge >= 0.3 is 0 Å². The van der Waals surface area contributed by atoms with Gasteiger partial charge in [-0.1, -0.05) is 0 Å². The summed E-state index contributed by atoms with van der Waals surface area (Å²) in [7, 11) is 0. The normalized spacial score (nSPS) is 10.6. The molecule has 0 N–H and O–H groups in total. The Bertz CT molecular complexity index is 552. The highest BCUT2D eigenvalue weighted by molar-refractivity contribution is 5.97. The van der Waals surface area contributed by atoms with E-state index < -0.39 is 0 Å². The summed E-state index contributed by atoms with van der Waals surface area (Å²) in [6.07, 6.45) is 3.96. The zero-order chi connectivity index (χ0) is 13.1. The number of aromatic nitrogens is 3. The molecule has 0 aliphatic carbocycles. The molecule has 4 heteroatoms. The molecule has 2 rings (SSSR count). The number of hydrogen-bond acceptors (Lipinski definition) is 3. The van der Waals surface area contributed by atoms with E-state index in [0.717, 1.165) is 23.8 Å². The molecule has 0 spiro atoms. The third-order valence-electron chi connectivity index (χ3n) is 2.86. The molecule has 0 saturated heterocycles. The Hall–Kier alpha value is -1.97. The monoisotopic (exact) mass is 243 g/mol. The molecule has 0 fully saturated rings. The van der Waals surface area contributed by atoms with Gasteiger partial charge in [0.2, 0.25) is 0 Å². The predicted octanol–water partition coefficient (Wildman–Crippen LogP) is 2.34. The molecule has 94 valence electrons. The van der Waals surface area contributed by atoms with Crippen molar-refractivity contribution >= 4 is 5.78 Å². The number of imidazole rings is 1. The minimum atomic E-state index is 0.0875. The summed E-state index contributed by atoms with van der Waals surface area (Å²) in [4.78, 5) is 20.7. The number of pyridine rings is 1. The van der Waals surface area contributed by atoms with Crippen LogP contribution in [0.25, 0.3) is 0 Å². The summed E-state index contributed by atoms with van der Waals surface area (Å²) in [5.41, 5.74) is 2.46. The number of aryl methyl sites for hydroxylation is 3. The molecule has 0 atom stereocenters. The van der Waals surface area contributed by atoms with Gasteiger partial charge in [0.1, 0.15) is 5.82 Å². The van der Waals surface area contributed by atoms with Crippen molar-refractivity contribution in [2.45, 2.75) is 33.7 Å². The molecule has 2 aromatic rings. The average Bonchev–Trinajstić information content (AvgIpc) is 2.75. The second kappa shape index (κ2) is 5.12. The van der Waals surface area contributed by atoms with Crippen LogP contribution in [-0.4, -0.2) is 20.3 Å². The van der Waals surface area contributed by atoms with Crippen LogP contribution in [0.1, 0.15) is 34.5 Å². The summed E-state index contributed by atoms with van der Waals surface area (Å²) < 4.78 is 1.98. The van der Waals surface area contributed by atoms with Crippen molar-refractivity contribution in [2.75, 3.05) is 0 Å². The number of hydrogen-bond donors (Lipinski definition) is 0. The molecule has 0 aliphatic rings. The van der Waals surface area contributed by atoms with Gasteiger partial charge in [0.05, 0.1) is 6.42 Å². The van der Waals surface area contributed by atoms with Crippen molar-refractivity contribution in [1.82, 2.24) is 14.5 Å². The first-order valence-electron chi connectivity index (χ1n) is 6.08. The van der Waals surface area contributed by atoms with Crippen LogP contribution < -0.4 is 0 Å². The Morgan fingerprint density at radius 3 is 2.56 bits per heavy atom. The average molecular weight is 243 g/mol. The summed E-state index contributed by atoms with van der Waals surface area (Å²) >= 11 is 0. The Balaban J connectivity index is 2.22.